The summed E-state index contributed by atoms with van der Waals surface area (Å²) in [5, 5.41) is 13.4. The molecule has 1 aromatic carbocycles. The smallest absolute Gasteiger partial charge is 0.123 e. The molecule has 0 saturated heterocycles. The molecule has 1 fully saturated rings. The number of nitrogens with one attached hydrogen (secondary N) is 1. The quantitative estimate of drug-likeness (QED) is 0.776. The van der Waals surface area contributed by atoms with E-state index in [0.29, 0.717) is 5.75 Å². The third-order valence-electron chi connectivity index (χ3n) is 4.19. The molecule has 0 atom stereocenters. The van der Waals surface area contributed by atoms with Crippen LogP contribution in [0.2, 0.25) is 0 Å². The molecule has 2 heteroatoms. The number of phenols is 1. The molecular weight excluding hydrogens is 222 g/mol. The van der Waals surface area contributed by atoms with Gasteiger partial charge in [-0.25, -0.2) is 0 Å². The number of phenolic OH excluding ortho intramolecular Hbond substituents is 1. The summed E-state index contributed by atoms with van der Waals surface area (Å²) < 4.78 is 0. The lowest BCUT2D eigenvalue weighted by Crippen LogP contribution is -2.14. The Balaban J connectivity index is 1.95. The molecule has 100 valence electrons. The highest BCUT2D eigenvalue weighted by Crippen LogP contribution is 2.29. The molecule has 0 spiro atoms. The highest BCUT2D eigenvalue weighted by molar-refractivity contribution is 5.59. The minimum Gasteiger partial charge on any atom is -0.507 e. The van der Waals surface area contributed by atoms with Crippen LogP contribution >= 0.6 is 0 Å². The lowest BCUT2D eigenvalue weighted by atomic mass is 10.00. The van der Waals surface area contributed by atoms with Crippen molar-refractivity contribution < 1.29 is 5.11 Å². The summed E-state index contributed by atoms with van der Waals surface area (Å²) in [4.78, 5) is 0. The fourth-order valence-corrected chi connectivity index (χ4v) is 2.85. The van der Waals surface area contributed by atoms with Gasteiger partial charge in [0, 0.05) is 17.8 Å². The van der Waals surface area contributed by atoms with E-state index in [9.17, 15) is 5.11 Å². The molecule has 0 aromatic heterocycles. The number of rotatable bonds is 3. The first kappa shape index (κ1) is 13.3. The molecule has 0 aliphatic heterocycles. The average Bonchev–Trinajstić information content (AvgIpc) is 2.64. The first-order valence-corrected chi connectivity index (χ1v) is 7.21. The second-order valence-corrected chi connectivity index (χ2v) is 5.64. The standard InChI is InChI=1S/C16H25NO/c1-12-9-10-15(13(2)16(12)18)17-11-14-7-5-3-4-6-8-14/h9-10,14,17-18H,3-8,11H2,1-2H3. The Morgan fingerprint density at radius 3 is 2.44 bits per heavy atom. The van der Waals surface area contributed by atoms with Crippen LogP contribution in [0.1, 0.15) is 49.7 Å². The molecule has 1 aliphatic rings. The van der Waals surface area contributed by atoms with Crippen molar-refractivity contribution in [1.29, 1.82) is 0 Å². The monoisotopic (exact) mass is 247 g/mol. The lowest BCUT2D eigenvalue weighted by molar-refractivity contribution is 0.466. The van der Waals surface area contributed by atoms with Gasteiger partial charge in [-0.2, -0.15) is 0 Å². The molecule has 0 heterocycles. The normalized spacial score (nSPS) is 17.4. The maximum Gasteiger partial charge on any atom is 0.123 e. The van der Waals surface area contributed by atoms with Crippen LogP contribution in [0.3, 0.4) is 0 Å². The van der Waals surface area contributed by atoms with E-state index in [-0.39, 0.29) is 0 Å². The van der Waals surface area contributed by atoms with Crippen molar-refractivity contribution >= 4 is 5.69 Å². The lowest BCUT2D eigenvalue weighted by Gasteiger charge is -2.18. The van der Waals surface area contributed by atoms with Gasteiger partial charge in [0.05, 0.1) is 0 Å². The van der Waals surface area contributed by atoms with Gasteiger partial charge in [-0.05, 0) is 44.2 Å². The average molecular weight is 247 g/mol. The molecule has 1 saturated carbocycles. The summed E-state index contributed by atoms with van der Waals surface area (Å²) in [5.74, 6) is 1.23. The van der Waals surface area contributed by atoms with Gasteiger partial charge in [-0.3, -0.25) is 0 Å². The minimum atomic E-state index is 0.431. The van der Waals surface area contributed by atoms with Crippen molar-refractivity contribution in [2.75, 3.05) is 11.9 Å². The molecule has 1 aliphatic carbocycles. The number of hydrogen-bond acceptors (Lipinski definition) is 2. The van der Waals surface area contributed by atoms with Crippen molar-refractivity contribution in [3.8, 4) is 5.75 Å². The van der Waals surface area contributed by atoms with Crippen LogP contribution < -0.4 is 5.32 Å². The second-order valence-electron chi connectivity index (χ2n) is 5.64. The summed E-state index contributed by atoms with van der Waals surface area (Å²) in [5.41, 5.74) is 3.01. The molecule has 2 N–H and O–H groups in total. The maximum atomic E-state index is 9.93. The Kier molecular flexibility index (Phi) is 4.51. The molecule has 0 radical (unpaired) electrons. The van der Waals surface area contributed by atoms with Gasteiger partial charge in [-0.15, -0.1) is 0 Å². The Hall–Kier alpha value is -1.18. The zero-order valence-electron chi connectivity index (χ0n) is 11.6. The van der Waals surface area contributed by atoms with Crippen LogP contribution in [0.5, 0.6) is 5.75 Å². The highest BCUT2D eigenvalue weighted by Gasteiger charge is 2.13. The SMILES string of the molecule is Cc1ccc(NCC2CCCCCC2)c(C)c1O. The van der Waals surface area contributed by atoms with Crippen LogP contribution in [-0.2, 0) is 0 Å². The fraction of sp³-hybridized carbons (Fsp3) is 0.625. The molecule has 18 heavy (non-hydrogen) atoms. The predicted octanol–water partition coefficient (Wildman–Crippen LogP) is 4.39. The van der Waals surface area contributed by atoms with E-state index in [2.05, 4.69) is 11.4 Å². The van der Waals surface area contributed by atoms with Crippen LogP contribution in [-0.4, -0.2) is 11.7 Å². The third-order valence-corrected chi connectivity index (χ3v) is 4.19. The van der Waals surface area contributed by atoms with Crippen molar-refractivity contribution in [3.05, 3.63) is 23.3 Å². The Labute approximate surface area is 110 Å². The molecule has 1 aromatic rings. The van der Waals surface area contributed by atoms with E-state index in [4.69, 9.17) is 0 Å². The number of hydrogen-bond donors (Lipinski definition) is 2. The fourth-order valence-electron chi connectivity index (χ4n) is 2.85. The largest absolute Gasteiger partial charge is 0.507 e. The van der Waals surface area contributed by atoms with Gasteiger partial charge in [0.2, 0.25) is 0 Å². The topological polar surface area (TPSA) is 32.3 Å². The van der Waals surface area contributed by atoms with Gasteiger partial charge in [0.15, 0.2) is 0 Å². The number of anilines is 1. The van der Waals surface area contributed by atoms with E-state index < -0.39 is 0 Å². The number of benzene rings is 1. The van der Waals surface area contributed by atoms with Crippen LogP contribution in [0.15, 0.2) is 12.1 Å². The summed E-state index contributed by atoms with van der Waals surface area (Å²) in [7, 11) is 0. The maximum absolute atomic E-state index is 9.93. The van der Waals surface area contributed by atoms with E-state index >= 15 is 0 Å². The number of aromatic hydroxyl groups is 1. The summed E-state index contributed by atoms with van der Waals surface area (Å²) >= 11 is 0. The van der Waals surface area contributed by atoms with Crippen LogP contribution in [0.25, 0.3) is 0 Å². The van der Waals surface area contributed by atoms with E-state index in [1.54, 1.807) is 0 Å². The first-order chi connectivity index (χ1) is 8.68. The zero-order chi connectivity index (χ0) is 13.0. The van der Waals surface area contributed by atoms with Crippen molar-refractivity contribution in [3.63, 3.8) is 0 Å². The van der Waals surface area contributed by atoms with Gasteiger partial charge in [0.25, 0.3) is 0 Å². The van der Waals surface area contributed by atoms with E-state index in [0.717, 1.165) is 29.3 Å². The van der Waals surface area contributed by atoms with Crippen molar-refractivity contribution in [2.45, 2.75) is 52.4 Å². The van der Waals surface area contributed by atoms with Crippen LogP contribution in [0.4, 0.5) is 5.69 Å². The Morgan fingerprint density at radius 2 is 1.78 bits per heavy atom. The number of aryl methyl sites for hydroxylation is 1. The molecule has 0 amide bonds. The highest BCUT2D eigenvalue weighted by atomic mass is 16.3. The summed E-state index contributed by atoms with van der Waals surface area (Å²) in [6.45, 7) is 4.97. The van der Waals surface area contributed by atoms with Crippen LogP contribution in [0, 0.1) is 19.8 Å². The van der Waals surface area contributed by atoms with E-state index in [1.807, 2.05) is 19.9 Å². The predicted molar refractivity (Wildman–Crippen MR) is 77.3 cm³/mol. The van der Waals surface area contributed by atoms with E-state index in [1.165, 1.54) is 38.5 Å². The molecule has 0 bridgehead atoms. The third kappa shape index (κ3) is 3.18. The second kappa shape index (κ2) is 6.12. The zero-order valence-corrected chi connectivity index (χ0v) is 11.6. The van der Waals surface area contributed by atoms with Gasteiger partial charge in [-0.1, -0.05) is 31.7 Å². The van der Waals surface area contributed by atoms with Gasteiger partial charge < -0.3 is 10.4 Å². The molecule has 2 rings (SSSR count). The van der Waals surface area contributed by atoms with Gasteiger partial charge >= 0.3 is 0 Å². The van der Waals surface area contributed by atoms with Crippen molar-refractivity contribution in [2.24, 2.45) is 5.92 Å². The molecule has 2 nitrogen and oxygen atoms in total. The Morgan fingerprint density at radius 1 is 1.11 bits per heavy atom. The summed E-state index contributed by atoms with van der Waals surface area (Å²) in [6.07, 6.45) is 8.27. The Bertz CT molecular complexity index is 392. The first-order valence-electron chi connectivity index (χ1n) is 7.21. The molecular formula is C16H25NO. The van der Waals surface area contributed by atoms with Gasteiger partial charge in [0.1, 0.15) is 5.75 Å². The molecule has 0 unspecified atom stereocenters. The minimum absolute atomic E-state index is 0.431. The summed E-state index contributed by atoms with van der Waals surface area (Å²) in [6, 6.07) is 4.07. The van der Waals surface area contributed by atoms with Crippen molar-refractivity contribution in [1.82, 2.24) is 0 Å².